The molecule has 0 radical (unpaired) electrons. The van der Waals surface area contributed by atoms with Crippen molar-refractivity contribution in [3.05, 3.63) is 29.8 Å². The molecule has 4 nitrogen and oxygen atoms in total. The standard InChI is InChI=1S/C17H22N2O2/c20-16-11-14(13-7-3-4-8-15(13)19-16)17(21)18-10-9-12-5-1-2-6-12/h3-4,7-8,12,14H,1-2,5-6,9-11H2,(H,18,21)(H,19,20)/t14-/m0/s1. The molecule has 1 aromatic rings. The van der Waals surface area contributed by atoms with Gasteiger partial charge in [0.2, 0.25) is 11.8 Å². The van der Waals surface area contributed by atoms with Crippen molar-refractivity contribution in [1.82, 2.24) is 5.32 Å². The Morgan fingerprint density at radius 3 is 2.81 bits per heavy atom. The van der Waals surface area contributed by atoms with Crippen LogP contribution in [0.15, 0.2) is 24.3 Å². The van der Waals surface area contributed by atoms with Crippen molar-refractivity contribution < 1.29 is 9.59 Å². The predicted octanol–water partition coefficient (Wildman–Crippen LogP) is 2.81. The van der Waals surface area contributed by atoms with Crippen LogP contribution in [0.25, 0.3) is 0 Å². The molecule has 2 amide bonds. The summed E-state index contributed by atoms with van der Waals surface area (Å²) in [5.41, 5.74) is 1.69. The summed E-state index contributed by atoms with van der Waals surface area (Å²) in [5, 5.41) is 5.85. The van der Waals surface area contributed by atoms with E-state index in [1.54, 1.807) is 0 Å². The van der Waals surface area contributed by atoms with E-state index in [1.807, 2.05) is 24.3 Å². The van der Waals surface area contributed by atoms with E-state index in [0.717, 1.165) is 30.1 Å². The lowest BCUT2D eigenvalue weighted by Crippen LogP contribution is -2.35. The van der Waals surface area contributed by atoms with Crippen LogP contribution in [-0.4, -0.2) is 18.4 Å². The Bertz CT molecular complexity index is 535. The molecule has 0 spiro atoms. The van der Waals surface area contributed by atoms with E-state index in [4.69, 9.17) is 0 Å². The van der Waals surface area contributed by atoms with Crippen LogP contribution in [0.3, 0.4) is 0 Å². The minimum atomic E-state index is -0.349. The molecule has 3 rings (SSSR count). The van der Waals surface area contributed by atoms with Crippen LogP contribution < -0.4 is 10.6 Å². The Hall–Kier alpha value is -1.84. The van der Waals surface area contributed by atoms with E-state index in [9.17, 15) is 9.59 Å². The first kappa shape index (κ1) is 14.1. The van der Waals surface area contributed by atoms with Crippen LogP contribution >= 0.6 is 0 Å². The van der Waals surface area contributed by atoms with Crippen LogP contribution in [-0.2, 0) is 9.59 Å². The molecule has 4 heteroatoms. The van der Waals surface area contributed by atoms with E-state index < -0.39 is 0 Å². The number of nitrogens with one attached hydrogen (secondary N) is 2. The zero-order valence-corrected chi connectivity index (χ0v) is 12.2. The second-order valence-electron chi connectivity index (χ2n) is 6.12. The molecule has 0 saturated heterocycles. The number of benzene rings is 1. The van der Waals surface area contributed by atoms with E-state index in [1.165, 1.54) is 25.7 Å². The minimum Gasteiger partial charge on any atom is -0.356 e. The van der Waals surface area contributed by atoms with Crippen LogP contribution in [0.5, 0.6) is 0 Å². The summed E-state index contributed by atoms with van der Waals surface area (Å²) in [4.78, 5) is 24.1. The van der Waals surface area contributed by atoms with Crippen molar-refractivity contribution in [3.8, 4) is 0 Å². The van der Waals surface area contributed by atoms with Gasteiger partial charge in [0.15, 0.2) is 0 Å². The Labute approximate surface area is 125 Å². The zero-order chi connectivity index (χ0) is 14.7. The first-order chi connectivity index (χ1) is 10.2. The third-order valence-electron chi connectivity index (χ3n) is 4.64. The van der Waals surface area contributed by atoms with Crippen LogP contribution in [0.4, 0.5) is 5.69 Å². The van der Waals surface area contributed by atoms with E-state index in [2.05, 4.69) is 10.6 Å². The second-order valence-corrected chi connectivity index (χ2v) is 6.12. The Balaban J connectivity index is 1.60. The topological polar surface area (TPSA) is 58.2 Å². The fourth-order valence-electron chi connectivity index (χ4n) is 3.47. The molecule has 2 N–H and O–H groups in total. The normalized spacial score (nSPS) is 21.7. The molecule has 1 aliphatic heterocycles. The summed E-state index contributed by atoms with van der Waals surface area (Å²) in [6, 6.07) is 7.57. The van der Waals surface area contributed by atoms with Crippen molar-refractivity contribution >= 4 is 17.5 Å². The quantitative estimate of drug-likeness (QED) is 0.894. The summed E-state index contributed by atoms with van der Waals surface area (Å²) in [6.45, 7) is 0.726. The van der Waals surface area contributed by atoms with Gasteiger partial charge in [-0.05, 0) is 24.0 Å². The highest BCUT2D eigenvalue weighted by atomic mass is 16.2. The Morgan fingerprint density at radius 2 is 2.00 bits per heavy atom. The SMILES string of the molecule is O=C1C[C@H](C(=O)NCCC2CCCC2)c2ccccc2N1. The number of rotatable bonds is 4. The van der Waals surface area contributed by atoms with Gasteiger partial charge in [0, 0.05) is 18.7 Å². The highest BCUT2D eigenvalue weighted by molar-refractivity contribution is 6.01. The summed E-state index contributed by atoms with van der Waals surface area (Å²) in [6.07, 6.45) is 6.55. The molecular weight excluding hydrogens is 264 g/mol. The molecule has 0 bridgehead atoms. The van der Waals surface area contributed by atoms with Crippen molar-refractivity contribution in [1.29, 1.82) is 0 Å². The average Bonchev–Trinajstić information content (AvgIpc) is 2.99. The second kappa shape index (κ2) is 6.29. The predicted molar refractivity (Wildman–Crippen MR) is 82.0 cm³/mol. The number of hydrogen-bond donors (Lipinski definition) is 2. The van der Waals surface area contributed by atoms with Crippen molar-refractivity contribution in [2.75, 3.05) is 11.9 Å². The van der Waals surface area contributed by atoms with Crippen LogP contribution in [0.2, 0.25) is 0 Å². The summed E-state index contributed by atoms with van der Waals surface area (Å²) in [7, 11) is 0. The third kappa shape index (κ3) is 3.26. The van der Waals surface area contributed by atoms with Gasteiger partial charge in [0.25, 0.3) is 0 Å². The molecule has 1 atom stereocenters. The molecule has 1 aromatic carbocycles. The molecule has 0 aromatic heterocycles. The molecule has 1 aliphatic carbocycles. The maximum absolute atomic E-state index is 12.4. The summed E-state index contributed by atoms with van der Waals surface area (Å²) in [5.74, 6) is 0.325. The lowest BCUT2D eigenvalue weighted by molar-refractivity contribution is -0.126. The van der Waals surface area contributed by atoms with Gasteiger partial charge in [-0.25, -0.2) is 0 Å². The van der Waals surface area contributed by atoms with Gasteiger partial charge in [0.05, 0.1) is 5.92 Å². The van der Waals surface area contributed by atoms with Crippen LogP contribution in [0.1, 0.15) is 50.0 Å². The lowest BCUT2D eigenvalue weighted by atomic mass is 9.89. The maximum atomic E-state index is 12.4. The van der Waals surface area contributed by atoms with E-state index in [-0.39, 0.29) is 24.2 Å². The highest BCUT2D eigenvalue weighted by Gasteiger charge is 2.30. The van der Waals surface area contributed by atoms with Gasteiger partial charge in [-0.15, -0.1) is 0 Å². The smallest absolute Gasteiger partial charge is 0.228 e. The van der Waals surface area contributed by atoms with Gasteiger partial charge >= 0.3 is 0 Å². The molecular formula is C17H22N2O2. The van der Waals surface area contributed by atoms with Crippen molar-refractivity contribution in [3.63, 3.8) is 0 Å². The number of fused-ring (bicyclic) bond motifs is 1. The van der Waals surface area contributed by atoms with E-state index >= 15 is 0 Å². The molecule has 0 unspecified atom stereocenters. The third-order valence-corrected chi connectivity index (χ3v) is 4.64. The number of carbonyl (C=O) groups excluding carboxylic acids is 2. The molecule has 1 heterocycles. The van der Waals surface area contributed by atoms with Gasteiger partial charge in [-0.1, -0.05) is 43.9 Å². The molecule has 1 saturated carbocycles. The summed E-state index contributed by atoms with van der Waals surface area (Å²) >= 11 is 0. The van der Waals surface area contributed by atoms with Gasteiger partial charge < -0.3 is 10.6 Å². The van der Waals surface area contributed by atoms with E-state index in [0.29, 0.717) is 0 Å². The Morgan fingerprint density at radius 1 is 1.24 bits per heavy atom. The molecule has 1 fully saturated rings. The highest BCUT2D eigenvalue weighted by Crippen LogP contribution is 2.32. The number of para-hydroxylation sites is 1. The fourth-order valence-corrected chi connectivity index (χ4v) is 3.47. The molecule has 21 heavy (non-hydrogen) atoms. The van der Waals surface area contributed by atoms with Crippen LogP contribution in [0, 0.1) is 5.92 Å². The van der Waals surface area contributed by atoms with Crippen molar-refractivity contribution in [2.45, 2.75) is 44.4 Å². The van der Waals surface area contributed by atoms with Gasteiger partial charge in [0.1, 0.15) is 0 Å². The number of hydrogen-bond acceptors (Lipinski definition) is 2. The first-order valence-corrected chi connectivity index (χ1v) is 7.90. The maximum Gasteiger partial charge on any atom is 0.228 e. The fraction of sp³-hybridized carbons (Fsp3) is 0.529. The number of amides is 2. The lowest BCUT2D eigenvalue weighted by Gasteiger charge is -2.25. The molecule has 112 valence electrons. The van der Waals surface area contributed by atoms with Gasteiger partial charge in [-0.2, -0.15) is 0 Å². The minimum absolute atomic E-state index is 0.0182. The Kier molecular flexibility index (Phi) is 4.23. The number of carbonyl (C=O) groups is 2. The monoisotopic (exact) mass is 286 g/mol. The van der Waals surface area contributed by atoms with Gasteiger partial charge in [-0.3, -0.25) is 9.59 Å². The first-order valence-electron chi connectivity index (χ1n) is 7.90. The average molecular weight is 286 g/mol. The summed E-state index contributed by atoms with van der Waals surface area (Å²) < 4.78 is 0. The van der Waals surface area contributed by atoms with Crippen molar-refractivity contribution in [2.24, 2.45) is 5.92 Å². The number of anilines is 1. The zero-order valence-electron chi connectivity index (χ0n) is 12.2. The molecule has 2 aliphatic rings. The largest absolute Gasteiger partial charge is 0.356 e.